The molecule has 0 saturated heterocycles. The lowest BCUT2D eigenvalue weighted by molar-refractivity contribution is 0.0607. The fourth-order valence-corrected chi connectivity index (χ4v) is 4.78. The zero-order chi connectivity index (χ0) is 14.9. The van der Waals surface area contributed by atoms with Gasteiger partial charge in [0.1, 0.15) is 4.88 Å². The van der Waals surface area contributed by atoms with Gasteiger partial charge in [0.2, 0.25) is 0 Å². The molecule has 0 unspecified atom stereocenters. The van der Waals surface area contributed by atoms with Crippen LogP contribution in [-0.4, -0.2) is 13.1 Å². The lowest BCUT2D eigenvalue weighted by atomic mass is 9.72. The summed E-state index contributed by atoms with van der Waals surface area (Å²) in [7, 11) is 1.42. The number of esters is 1. The van der Waals surface area contributed by atoms with Gasteiger partial charge in [-0.1, -0.05) is 40.0 Å². The zero-order valence-corrected chi connectivity index (χ0v) is 13.7. The van der Waals surface area contributed by atoms with Crippen LogP contribution in [0.3, 0.4) is 0 Å². The molecular weight excluding hydrogens is 270 g/mol. The first kappa shape index (κ1) is 15.4. The standard InChI is InChI=1S/C16H25NO2S/c1-10(2)11-12(17)13(15(18)19-4)20-14(11)16(3)8-6-5-7-9-16/h10H,5-9,17H2,1-4H3. The van der Waals surface area contributed by atoms with Crippen LogP contribution in [0.1, 0.15) is 78.9 Å². The van der Waals surface area contributed by atoms with Gasteiger partial charge < -0.3 is 10.5 Å². The number of nitrogens with two attached hydrogens (primary N) is 1. The van der Waals surface area contributed by atoms with E-state index < -0.39 is 0 Å². The largest absolute Gasteiger partial charge is 0.465 e. The van der Waals surface area contributed by atoms with Crippen molar-refractivity contribution < 1.29 is 9.53 Å². The van der Waals surface area contributed by atoms with Crippen LogP contribution < -0.4 is 5.73 Å². The van der Waals surface area contributed by atoms with Gasteiger partial charge in [0.05, 0.1) is 12.8 Å². The summed E-state index contributed by atoms with van der Waals surface area (Å²) in [5, 5.41) is 0. The maximum Gasteiger partial charge on any atom is 0.350 e. The van der Waals surface area contributed by atoms with Gasteiger partial charge >= 0.3 is 5.97 Å². The molecule has 1 aliphatic rings. The lowest BCUT2D eigenvalue weighted by Gasteiger charge is -2.34. The summed E-state index contributed by atoms with van der Waals surface area (Å²) < 4.78 is 4.88. The number of methoxy groups -OCH3 is 1. The second kappa shape index (κ2) is 5.76. The molecule has 1 aromatic rings. The van der Waals surface area contributed by atoms with E-state index in [9.17, 15) is 4.79 Å². The summed E-state index contributed by atoms with van der Waals surface area (Å²) in [6.45, 7) is 6.62. The number of thiophene rings is 1. The highest BCUT2D eigenvalue weighted by Crippen LogP contribution is 2.48. The number of rotatable bonds is 3. The van der Waals surface area contributed by atoms with E-state index in [0.29, 0.717) is 16.5 Å². The van der Waals surface area contributed by atoms with Crippen molar-refractivity contribution in [2.75, 3.05) is 12.8 Å². The average molecular weight is 295 g/mol. The van der Waals surface area contributed by atoms with Crippen molar-refractivity contribution in [1.82, 2.24) is 0 Å². The second-order valence-corrected chi connectivity index (χ2v) is 7.38. The quantitative estimate of drug-likeness (QED) is 0.837. The summed E-state index contributed by atoms with van der Waals surface area (Å²) in [6, 6.07) is 0. The van der Waals surface area contributed by atoms with E-state index in [2.05, 4.69) is 20.8 Å². The Kier molecular flexibility index (Phi) is 4.43. The molecule has 0 atom stereocenters. The summed E-state index contributed by atoms with van der Waals surface area (Å²) >= 11 is 1.55. The fraction of sp³-hybridized carbons (Fsp3) is 0.688. The van der Waals surface area contributed by atoms with Crippen LogP contribution >= 0.6 is 11.3 Å². The Morgan fingerprint density at radius 2 is 1.90 bits per heavy atom. The Morgan fingerprint density at radius 3 is 2.40 bits per heavy atom. The van der Waals surface area contributed by atoms with Crippen molar-refractivity contribution in [3.05, 3.63) is 15.3 Å². The first-order valence-corrected chi connectivity index (χ1v) is 8.23. The van der Waals surface area contributed by atoms with E-state index in [1.165, 1.54) is 49.7 Å². The van der Waals surface area contributed by atoms with E-state index in [1.54, 1.807) is 11.3 Å². The van der Waals surface area contributed by atoms with E-state index >= 15 is 0 Å². The molecule has 4 heteroatoms. The fourth-order valence-electron chi connectivity index (χ4n) is 3.28. The van der Waals surface area contributed by atoms with Crippen LogP contribution in [0.5, 0.6) is 0 Å². The van der Waals surface area contributed by atoms with Crippen molar-refractivity contribution >= 4 is 23.0 Å². The predicted octanol–water partition coefficient (Wildman–Crippen LogP) is 4.46. The average Bonchev–Trinajstić information content (AvgIpc) is 2.77. The van der Waals surface area contributed by atoms with Crippen LogP contribution in [0.4, 0.5) is 5.69 Å². The van der Waals surface area contributed by atoms with Crippen molar-refractivity contribution in [2.45, 2.75) is 64.2 Å². The SMILES string of the molecule is COC(=O)c1sc(C2(C)CCCCC2)c(C(C)C)c1N. The summed E-state index contributed by atoms with van der Waals surface area (Å²) in [4.78, 5) is 13.8. The third kappa shape index (κ3) is 2.58. The Balaban J connectivity index is 2.53. The van der Waals surface area contributed by atoms with Crippen LogP contribution in [0.25, 0.3) is 0 Å². The molecule has 1 saturated carbocycles. The van der Waals surface area contributed by atoms with Crippen molar-refractivity contribution in [3.8, 4) is 0 Å². The number of nitrogen functional groups attached to an aromatic ring is 1. The van der Waals surface area contributed by atoms with E-state index in [0.717, 1.165) is 0 Å². The monoisotopic (exact) mass is 295 g/mol. The Bertz CT molecular complexity index is 499. The Morgan fingerprint density at radius 1 is 1.30 bits per heavy atom. The number of ether oxygens (including phenoxy) is 1. The van der Waals surface area contributed by atoms with Crippen molar-refractivity contribution in [2.24, 2.45) is 0 Å². The minimum Gasteiger partial charge on any atom is -0.465 e. The molecule has 0 bridgehead atoms. The van der Waals surface area contributed by atoms with Gasteiger partial charge in [0, 0.05) is 10.3 Å². The molecule has 2 rings (SSSR count). The number of carbonyl (C=O) groups is 1. The van der Waals surface area contributed by atoms with E-state index in [-0.39, 0.29) is 11.4 Å². The zero-order valence-electron chi connectivity index (χ0n) is 12.9. The van der Waals surface area contributed by atoms with Gasteiger partial charge in [-0.05, 0) is 24.3 Å². The van der Waals surface area contributed by atoms with Crippen molar-refractivity contribution in [3.63, 3.8) is 0 Å². The molecule has 0 radical (unpaired) electrons. The van der Waals surface area contributed by atoms with Gasteiger partial charge in [-0.2, -0.15) is 0 Å². The van der Waals surface area contributed by atoms with Gasteiger partial charge in [-0.15, -0.1) is 11.3 Å². The molecule has 2 N–H and O–H groups in total. The minimum absolute atomic E-state index is 0.170. The molecular formula is C16H25NO2S. The number of carbonyl (C=O) groups excluding carboxylic acids is 1. The molecule has 0 aromatic carbocycles. The molecule has 20 heavy (non-hydrogen) atoms. The summed E-state index contributed by atoms with van der Waals surface area (Å²) in [5.41, 5.74) is 8.23. The molecule has 1 fully saturated rings. The third-order valence-corrected chi connectivity index (χ3v) is 5.94. The molecule has 1 aliphatic carbocycles. The lowest BCUT2D eigenvalue weighted by Crippen LogP contribution is -2.25. The van der Waals surface area contributed by atoms with Crippen LogP contribution in [0.2, 0.25) is 0 Å². The maximum absolute atomic E-state index is 11.9. The molecule has 0 spiro atoms. The molecule has 0 aliphatic heterocycles. The topological polar surface area (TPSA) is 52.3 Å². The number of hydrogen-bond acceptors (Lipinski definition) is 4. The van der Waals surface area contributed by atoms with E-state index in [1.807, 2.05) is 0 Å². The van der Waals surface area contributed by atoms with Gasteiger partial charge in [0.15, 0.2) is 0 Å². The smallest absolute Gasteiger partial charge is 0.350 e. The predicted molar refractivity (Wildman–Crippen MR) is 84.6 cm³/mol. The first-order valence-electron chi connectivity index (χ1n) is 7.41. The number of hydrogen-bond donors (Lipinski definition) is 1. The van der Waals surface area contributed by atoms with Gasteiger partial charge in [0.25, 0.3) is 0 Å². The van der Waals surface area contributed by atoms with Crippen LogP contribution in [-0.2, 0) is 10.2 Å². The number of anilines is 1. The van der Waals surface area contributed by atoms with Gasteiger partial charge in [-0.25, -0.2) is 4.79 Å². The highest BCUT2D eigenvalue weighted by atomic mass is 32.1. The Labute approximate surface area is 125 Å². The highest BCUT2D eigenvalue weighted by Gasteiger charge is 2.36. The van der Waals surface area contributed by atoms with Crippen molar-refractivity contribution in [1.29, 1.82) is 0 Å². The summed E-state index contributed by atoms with van der Waals surface area (Å²) in [6.07, 6.45) is 6.22. The first-order chi connectivity index (χ1) is 9.40. The minimum atomic E-state index is -0.306. The summed E-state index contributed by atoms with van der Waals surface area (Å²) in [5.74, 6) is 0.0264. The van der Waals surface area contributed by atoms with Crippen LogP contribution in [0, 0.1) is 0 Å². The van der Waals surface area contributed by atoms with Crippen LogP contribution in [0.15, 0.2) is 0 Å². The molecule has 0 amide bonds. The third-order valence-electron chi connectivity index (χ3n) is 4.44. The molecule has 3 nitrogen and oxygen atoms in total. The molecule has 112 valence electrons. The van der Waals surface area contributed by atoms with E-state index in [4.69, 9.17) is 10.5 Å². The molecule has 1 aromatic heterocycles. The second-order valence-electron chi connectivity index (χ2n) is 6.36. The van der Waals surface area contributed by atoms with Gasteiger partial charge in [-0.3, -0.25) is 0 Å². The highest BCUT2D eigenvalue weighted by molar-refractivity contribution is 7.15. The Hall–Kier alpha value is -1.03. The normalized spacial score (nSPS) is 18.2. The molecule has 1 heterocycles. The maximum atomic E-state index is 11.9.